The van der Waals surface area contributed by atoms with Gasteiger partial charge in [-0.2, -0.15) is 0 Å². The fraction of sp³-hybridized carbons (Fsp3) is 0.846. The Bertz CT molecular complexity index is 335. The summed E-state index contributed by atoms with van der Waals surface area (Å²) in [4.78, 5) is 23.0. The van der Waals surface area contributed by atoms with E-state index in [1.807, 2.05) is 0 Å². The first-order chi connectivity index (χ1) is 8.95. The van der Waals surface area contributed by atoms with Crippen molar-refractivity contribution in [2.24, 2.45) is 28.5 Å². The molecule has 110 valence electrons. The highest BCUT2D eigenvalue weighted by atomic mass is 16.4. The molecule has 7 N–H and O–H groups in total. The summed E-state index contributed by atoms with van der Waals surface area (Å²) >= 11 is 0. The minimum atomic E-state index is -0.937. The molecule has 0 aromatic heterocycles. The third-order valence-corrected chi connectivity index (χ3v) is 4.20. The molecule has 1 rings (SSSR count). The van der Waals surface area contributed by atoms with Gasteiger partial charge in [-0.1, -0.05) is 6.42 Å². The van der Waals surface area contributed by atoms with Crippen LogP contribution >= 0.6 is 0 Å². The minimum absolute atomic E-state index is 0.0885. The summed E-state index contributed by atoms with van der Waals surface area (Å²) in [7, 11) is 0. The van der Waals surface area contributed by atoms with Gasteiger partial charge in [-0.3, -0.25) is 9.59 Å². The van der Waals surface area contributed by atoms with Crippen LogP contribution in [0, 0.1) is 11.3 Å². The van der Waals surface area contributed by atoms with E-state index in [-0.39, 0.29) is 25.2 Å². The molecular formula is C13H25N3O3. The summed E-state index contributed by atoms with van der Waals surface area (Å²) < 4.78 is 0. The van der Waals surface area contributed by atoms with Gasteiger partial charge in [0.1, 0.15) is 0 Å². The summed E-state index contributed by atoms with van der Waals surface area (Å²) in [6, 6.07) is -0.740. The standard InChI is InChI=1S/C13H25N3O3/c14-7-9-2-1-5-13(6-9,8-15)12(19)10(16)3-4-11(17)18/h9-10H,1-8,14-16H2,(H,17,18). The monoisotopic (exact) mass is 271 g/mol. The zero-order valence-electron chi connectivity index (χ0n) is 11.3. The number of carbonyl (C=O) groups is 2. The average molecular weight is 271 g/mol. The van der Waals surface area contributed by atoms with Crippen molar-refractivity contribution in [2.75, 3.05) is 13.1 Å². The summed E-state index contributed by atoms with van der Waals surface area (Å²) in [5, 5.41) is 8.65. The molecule has 0 amide bonds. The fourth-order valence-electron chi connectivity index (χ4n) is 3.00. The Hall–Kier alpha value is -0.980. The van der Waals surface area contributed by atoms with Crippen molar-refractivity contribution in [2.45, 2.75) is 44.6 Å². The maximum Gasteiger partial charge on any atom is 0.303 e. The van der Waals surface area contributed by atoms with Crippen molar-refractivity contribution in [3.8, 4) is 0 Å². The van der Waals surface area contributed by atoms with Crippen LogP contribution in [0.1, 0.15) is 38.5 Å². The third kappa shape index (κ3) is 3.99. The van der Waals surface area contributed by atoms with Crippen molar-refractivity contribution in [3.63, 3.8) is 0 Å². The van der Waals surface area contributed by atoms with Crippen LogP contribution in [0.5, 0.6) is 0 Å². The van der Waals surface area contributed by atoms with Gasteiger partial charge < -0.3 is 22.3 Å². The van der Waals surface area contributed by atoms with Gasteiger partial charge in [-0.15, -0.1) is 0 Å². The number of ketones is 1. The van der Waals surface area contributed by atoms with Crippen LogP contribution in [0.4, 0.5) is 0 Å². The summed E-state index contributed by atoms with van der Waals surface area (Å²) in [5.41, 5.74) is 16.8. The number of carboxylic acids is 1. The molecule has 6 nitrogen and oxygen atoms in total. The van der Waals surface area contributed by atoms with Gasteiger partial charge in [0.2, 0.25) is 0 Å². The molecule has 1 fully saturated rings. The zero-order chi connectivity index (χ0) is 14.5. The topological polar surface area (TPSA) is 132 Å². The van der Waals surface area contributed by atoms with Gasteiger partial charge in [-0.25, -0.2) is 0 Å². The second kappa shape index (κ2) is 6.98. The maximum atomic E-state index is 12.5. The number of carbonyl (C=O) groups excluding carboxylic acids is 1. The Morgan fingerprint density at radius 3 is 2.58 bits per heavy atom. The smallest absolute Gasteiger partial charge is 0.303 e. The van der Waals surface area contributed by atoms with Crippen LogP contribution in [-0.4, -0.2) is 36.0 Å². The van der Waals surface area contributed by atoms with Crippen LogP contribution in [-0.2, 0) is 9.59 Å². The van der Waals surface area contributed by atoms with E-state index in [0.29, 0.717) is 18.9 Å². The summed E-state index contributed by atoms with van der Waals surface area (Å²) in [6.45, 7) is 0.822. The number of nitrogens with two attached hydrogens (primary N) is 3. The first kappa shape index (κ1) is 16.1. The molecule has 0 heterocycles. The lowest BCUT2D eigenvalue weighted by atomic mass is 9.65. The maximum absolute atomic E-state index is 12.5. The largest absolute Gasteiger partial charge is 0.481 e. The van der Waals surface area contributed by atoms with E-state index >= 15 is 0 Å². The van der Waals surface area contributed by atoms with E-state index in [1.54, 1.807) is 0 Å². The number of carboxylic acid groups (broad SMARTS) is 1. The lowest BCUT2D eigenvalue weighted by molar-refractivity contribution is -0.137. The fourth-order valence-corrected chi connectivity index (χ4v) is 3.00. The molecular weight excluding hydrogens is 246 g/mol. The lowest BCUT2D eigenvalue weighted by Gasteiger charge is -2.40. The summed E-state index contributed by atoms with van der Waals surface area (Å²) in [5.74, 6) is -0.712. The molecule has 19 heavy (non-hydrogen) atoms. The molecule has 0 aromatic carbocycles. The Morgan fingerprint density at radius 1 is 1.37 bits per heavy atom. The number of aliphatic carboxylic acids is 1. The van der Waals surface area contributed by atoms with Gasteiger partial charge in [0, 0.05) is 18.4 Å². The lowest BCUT2D eigenvalue weighted by Crippen LogP contribution is -2.50. The zero-order valence-corrected chi connectivity index (χ0v) is 11.3. The highest BCUT2D eigenvalue weighted by Crippen LogP contribution is 2.40. The minimum Gasteiger partial charge on any atom is -0.481 e. The number of rotatable bonds is 7. The van der Waals surface area contributed by atoms with Crippen LogP contribution < -0.4 is 17.2 Å². The van der Waals surface area contributed by atoms with Gasteiger partial charge in [0.05, 0.1) is 6.04 Å². The number of hydrogen-bond donors (Lipinski definition) is 4. The quantitative estimate of drug-likeness (QED) is 0.508. The van der Waals surface area contributed by atoms with Crippen molar-refractivity contribution in [1.82, 2.24) is 0 Å². The van der Waals surface area contributed by atoms with Crippen molar-refractivity contribution >= 4 is 11.8 Å². The summed E-state index contributed by atoms with van der Waals surface area (Å²) in [6.07, 6.45) is 3.45. The molecule has 3 unspecified atom stereocenters. The van der Waals surface area contributed by atoms with Crippen LogP contribution in [0.15, 0.2) is 0 Å². The second-order valence-corrected chi connectivity index (χ2v) is 5.59. The van der Waals surface area contributed by atoms with Gasteiger partial charge in [0.15, 0.2) is 5.78 Å². The molecule has 1 saturated carbocycles. The average Bonchev–Trinajstić information content (AvgIpc) is 2.43. The first-order valence-electron chi connectivity index (χ1n) is 6.87. The van der Waals surface area contributed by atoms with E-state index in [9.17, 15) is 9.59 Å². The van der Waals surface area contributed by atoms with E-state index in [4.69, 9.17) is 22.3 Å². The molecule has 0 saturated heterocycles. The Labute approximate surface area is 113 Å². The van der Waals surface area contributed by atoms with E-state index in [1.165, 1.54) is 0 Å². The first-order valence-corrected chi connectivity index (χ1v) is 6.87. The highest BCUT2D eigenvalue weighted by molar-refractivity contribution is 5.90. The van der Waals surface area contributed by atoms with E-state index in [2.05, 4.69) is 0 Å². The Balaban J connectivity index is 2.71. The predicted octanol–water partition coefficient (Wildman–Crippen LogP) is -0.158. The molecule has 0 bridgehead atoms. The van der Waals surface area contributed by atoms with Crippen molar-refractivity contribution in [3.05, 3.63) is 0 Å². The number of Topliss-reactive ketones (excluding diaryl/α,β-unsaturated/α-hetero) is 1. The van der Waals surface area contributed by atoms with Gasteiger partial charge in [0.25, 0.3) is 0 Å². The van der Waals surface area contributed by atoms with Crippen molar-refractivity contribution in [1.29, 1.82) is 0 Å². The normalized spacial score (nSPS) is 28.9. The second-order valence-electron chi connectivity index (χ2n) is 5.59. The van der Waals surface area contributed by atoms with E-state index < -0.39 is 17.4 Å². The van der Waals surface area contributed by atoms with Gasteiger partial charge in [-0.05, 0) is 38.1 Å². The molecule has 0 spiro atoms. The predicted molar refractivity (Wildman–Crippen MR) is 72.4 cm³/mol. The Morgan fingerprint density at radius 2 is 2.05 bits per heavy atom. The van der Waals surface area contributed by atoms with Crippen LogP contribution in [0.2, 0.25) is 0 Å². The van der Waals surface area contributed by atoms with Gasteiger partial charge >= 0.3 is 5.97 Å². The third-order valence-electron chi connectivity index (χ3n) is 4.20. The molecule has 0 radical (unpaired) electrons. The van der Waals surface area contributed by atoms with Crippen molar-refractivity contribution < 1.29 is 14.7 Å². The highest BCUT2D eigenvalue weighted by Gasteiger charge is 2.43. The molecule has 3 atom stereocenters. The molecule has 0 aliphatic heterocycles. The molecule has 1 aliphatic carbocycles. The molecule has 0 aromatic rings. The van der Waals surface area contributed by atoms with Crippen LogP contribution in [0.3, 0.4) is 0 Å². The SMILES string of the molecule is NCC1CCCC(CN)(C(=O)C(N)CCC(=O)O)C1. The van der Waals surface area contributed by atoms with E-state index in [0.717, 1.165) is 19.3 Å². The Kier molecular flexibility index (Phi) is 5.90. The molecule has 6 heteroatoms. The molecule has 1 aliphatic rings. The number of hydrogen-bond acceptors (Lipinski definition) is 5. The van der Waals surface area contributed by atoms with Crippen LogP contribution in [0.25, 0.3) is 0 Å².